The van der Waals surface area contributed by atoms with Crippen LogP contribution in [0.15, 0.2) is 24.3 Å². The van der Waals surface area contributed by atoms with Crippen LogP contribution in [0.1, 0.15) is 20.8 Å². The summed E-state index contributed by atoms with van der Waals surface area (Å²) in [5.41, 5.74) is 0.890. The van der Waals surface area contributed by atoms with Gasteiger partial charge >= 0.3 is 0 Å². The van der Waals surface area contributed by atoms with Crippen molar-refractivity contribution in [3.8, 4) is 0 Å². The van der Waals surface area contributed by atoms with Gasteiger partial charge in [-0.25, -0.2) is 0 Å². The molecule has 0 radical (unpaired) electrons. The van der Waals surface area contributed by atoms with E-state index in [-0.39, 0.29) is 11.9 Å². The second-order valence-corrected chi connectivity index (χ2v) is 4.95. The summed E-state index contributed by atoms with van der Waals surface area (Å²) in [6, 6.07) is 7.05. The first-order valence-electron chi connectivity index (χ1n) is 5.79. The molecule has 0 bridgehead atoms. The summed E-state index contributed by atoms with van der Waals surface area (Å²) in [5, 5.41) is 6.70. The van der Waals surface area contributed by atoms with Gasteiger partial charge in [-0.05, 0) is 37.1 Å². The molecule has 94 valence electrons. The fourth-order valence-corrected chi connectivity index (χ4v) is 1.45. The molecule has 1 rings (SSSR count). The van der Waals surface area contributed by atoms with Crippen LogP contribution in [-0.4, -0.2) is 18.5 Å². The molecular formula is C13H19ClN2O. The van der Waals surface area contributed by atoms with Gasteiger partial charge in [-0.2, -0.15) is 0 Å². The van der Waals surface area contributed by atoms with E-state index in [0.29, 0.717) is 17.5 Å². The molecule has 0 saturated heterocycles. The molecular weight excluding hydrogens is 236 g/mol. The van der Waals surface area contributed by atoms with Crippen LogP contribution in [0.5, 0.6) is 0 Å². The largest absolute Gasteiger partial charge is 0.374 e. The highest BCUT2D eigenvalue weighted by Gasteiger charge is 2.12. The standard InChI is InChI=1S/C13H19ClN2O/c1-9(2)8-15-13(17)10(3)16-12-6-4-11(14)5-7-12/h4-7,9-10,16H,8H2,1-3H3,(H,15,17). The molecule has 4 heteroatoms. The van der Waals surface area contributed by atoms with Crippen LogP contribution in [0, 0.1) is 5.92 Å². The van der Waals surface area contributed by atoms with E-state index < -0.39 is 0 Å². The van der Waals surface area contributed by atoms with Gasteiger partial charge in [0.15, 0.2) is 0 Å². The first kappa shape index (κ1) is 13.8. The first-order valence-corrected chi connectivity index (χ1v) is 6.16. The highest BCUT2D eigenvalue weighted by atomic mass is 35.5. The number of benzene rings is 1. The normalized spacial score (nSPS) is 12.3. The molecule has 1 unspecified atom stereocenters. The first-order chi connectivity index (χ1) is 7.99. The Hall–Kier alpha value is -1.22. The van der Waals surface area contributed by atoms with Gasteiger partial charge in [0, 0.05) is 17.3 Å². The SMILES string of the molecule is CC(C)CNC(=O)C(C)Nc1ccc(Cl)cc1. The summed E-state index contributed by atoms with van der Waals surface area (Å²) in [6.45, 7) is 6.67. The van der Waals surface area contributed by atoms with Gasteiger partial charge in [0.25, 0.3) is 0 Å². The van der Waals surface area contributed by atoms with Gasteiger partial charge in [-0.1, -0.05) is 25.4 Å². The van der Waals surface area contributed by atoms with E-state index in [1.807, 2.05) is 19.1 Å². The Morgan fingerprint density at radius 1 is 1.24 bits per heavy atom. The Morgan fingerprint density at radius 2 is 1.82 bits per heavy atom. The zero-order valence-corrected chi connectivity index (χ0v) is 11.2. The lowest BCUT2D eigenvalue weighted by Gasteiger charge is -2.16. The van der Waals surface area contributed by atoms with Crippen molar-refractivity contribution in [2.24, 2.45) is 5.92 Å². The molecule has 0 aromatic heterocycles. The van der Waals surface area contributed by atoms with Crippen molar-refractivity contribution in [2.45, 2.75) is 26.8 Å². The van der Waals surface area contributed by atoms with Gasteiger partial charge < -0.3 is 10.6 Å². The molecule has 2 N–H and O–H groups in total. The van der Waals surface area contributed by atoms with Gasteiger partial charge in [-0.3, -0.25) is 4.79 Å². The minimum absolute atomic E-state index is 0.00801. The lowest BCUT2D eigenvalue weighted by atomic mass is 10.2. The minimum atomic E-state index is -0.255. The predicted octanol–water partition coefficient (Wildman–Crippen LogP) is 2.91. The summed E-state index contributed by atoms with van der Waals surface area (Å²) in [7, 11) is 0. The molecule has 0 heterocycles. The minimum Gasteiger partial charge on any atom is -0.374 e. The number of amides is 1. The second-order valence-electron chi connectivity index (χ2n) is 4.51. The number of carbonyl (C=O) groups is 1. The number of hydrogen-bond donors (Lipinski definition) is 2. The van der Waals surface area contributed by atoms with Crippen molar-refractivity contribution in [1.82, 2.24) is 5.32 Å². The average Bonchev–Trinajstić information content (AvgIpc) is 2.28. The number of rotatable bonds is 5. The lowest BCUT2D eigenvalue weighted by Crippen LogP contribution is -2.39. The highest BCUT2D eigenvalue weighted by molar-refractivity contribution is 6.30. The number of nitrogens with one attached hydrogen (secondary N) is 2. The van der Waals surface area contributed by atoms with E-state index in [9.17, 15) is 4.79 Å². The van der Waals surface area contributed by atoms with Crippen LogP contribution in [0.4, 0.5) is 5.69 Å². The van der Waals surface area contributed by atoms with Crippen LogP contribution in [0.2, 0.25) is 5.02 Å². The molecule has 0 aliphatic carbocycles. The third kappa shape index (κ3) is 5.09. The lowest BCUT2D eigenvalue weighted by molar-refractivity contribution is -0.121. The average molecular weight is 255 g/mol. The van der Waals surface area contributed by atoms with Gasteiger partial charge in [0.05, 0.1) is 0 Å². The van der Waals surface area contributed by atoms with Crippen molar-refractivity contribution in [2.75, 3.05) is 11.9 Å². The van der Waals surface area contributed by atoms with Crippen LogP contribution in [0.25, 0.3) is 0 Å². The molecule has 0 aliphatic rings. The molecule has 1 aromatic rings. The Kier molecular flexibility index (Phi) is 5.29. The molecule has 1 atom stereocenters. The van der Waals surface area contributed by atoms with E-state index in [0.717, 1.165) is 5.69 Å². The maximum absolute atomic E-state index is 11.7. The summed E-state index contributed by atoms with van der Waals surface area (Å²) in [5.74, 6) is 0.468. The van der Waals surface area contributed by atoms with Gasteiger partial charge in [0.1, 0.15) is 6.04 Å². The fourth-order valence-electron chi connectivity index (χ4n) is 1.32. The van der Waals surface area contributed by atoms with Crippen LogP contribution in [0.3, 0.4) is 0 Å². The Labute approximate surface area is 108 Å². The quantitative estimate of drug-likeness (QED) is 0.848. The van der Waals surface area contributed by atoms with Crippen molar-refractivity contribution in [3.05, 3.63) is 29.3 Å². The van der Waals surface area contributed by atoms with Crippen LogP contribution < -0.4 is 10.6 Å². The van der Waals surface area contributed by atoms with Crippen molar-refractivity contribution in [3.63, 3.8) is 0 Å². The Balaban J connectivity index is 2.45. The van der Waals surface area contributed by atoms with Crippen molar-refractivity contribution in [1.29, 1.82) is 0 Å². The second kappa shape index (κ2) is 6.50. The van der Waals surface area contributed by atoms with E-state index >= 15 is 0 Å². The topological polar surface area (TPSA) is 41.1 Å². The third-order valence-electron chi connectivity index (χ3n) is 2.31. The maximum atomic E-state index is 11.7. The van der Waals surface area contributed by atoms with E-state index in [4.69, 9.17) is 11.6 Å². The summed E-state index contributed by atoms with van der Waals surface area (Å²) in [6.07, 6.45) is 0. The molecule has 1 amide bonds. The van der Waals surface area contributed by atoms with Crippen molar-refractivity contribution >= 4 is 23.2 Å². The zero-order valence-electron chi connectivity index (χ0n) is 10.5. The Morgan fingerprint density at radius 3 is 2.35 bits per heavy atom. The number of hydrogen-bond acceptors (Lipinski definition) is 2. The number of carbonyl (C=O) groups excluding carboxylic acids is 1. The smallest absolute Gasteiger partial charge is 0.242 e. The maximum Gasteiger partial charge on any atom is 0.242 e. The summed E-state index contributed by atoms with van der Waals surface area (Å²) >= 11 is 5.79. The Bertz CT molecular complexity index is 362. The summed E-state index contributed by atoms with van der Waals surface area (Å²) in [4.78, 5) is 11.7. The van der Waals surface area contributed by atoms with E-state index in [1.165, 1.54) is 0 Å². The predicted molar refractivity (Wildman–Crippen MR) is 72.4 cm³/mol. The van der Waals surface area contributed by atoms with Crippen LogP contribution >= 0.6 is 11.6 Å². The monoisotopic (exact) mass is 254 g/mol. The third-order valence-corrected chi connectivity index (χ3v) is 2.56. The van der Waals surface area contributed by atoms with Crippen molar-refractivity contribution < 1.29 is 4.79 Å². The van der Waals surface area contributed by atoms with E-state index in [2.05, 4.69) is 24.5 Å². The molecule has 0 spiro atoms. The zero-order chi connectivity index (χ0) is 12.8. The van der Waals surface area contributed by atoms with E-state index in [1.54, 1.807) is 12.1 Å². The highest BCUT2D eigenvalue weighted by Crippen LogP contribution is 2.14. The number of halogens is 1. The fraction of sp³-hybridized carbons (Fsp3) is 0.462. The molecule has 17 heavy (non-hydrogen) atoms. The molecule has 0 saturated carbocycles. The van der Waals surface area contributed by atoms with Gasteiger partial charge in [-0.15, -0.1) is 0 Å². The molecule has 3 nitrogen and oxygen atoms in total. The number of anilines is 1. The molecule has 0 aliphatic heterocycles. The van der Waals surface area contributed by atoms with Gasteiger partial charge in [0.2, 0.25) is 5.91 Å². The molecule has 1 aromatic carbocycles. The van der Waals surface area contributed by atoms with Crippen LogP contribution in [-0.2, 0) is 4.79 Å². The summed E-state index contributed by atoms with van der Waals surface area (Å²) < 4.78 is 0. The molecule has 0 fully saturated rings.